The maximum absolute atomic E-state index is 11.4. The van der Waals surface area contributed by atoms with Crippen molar-refractivity contribution in [3.63, 3.8) is 0 Å². The average Bonchev–Trinajstić information content (AvgIpc) is 2.18. The molecule has 4 nitrogen and oxygen atoms in total. The normalized spacial score (nSPS) is 9.64. The lowest BCUT2D eigenvalue weighted by Gasteiger charge is -2.05. The Labute approximate surface area is 87.7 Å². The fraction of sp³-hybridized carbons (Fsp3) is 0.333. The van der Waals surface area contributed by atoms with Crippen LogP contribution in [-0.4, -0.2) is 24.5 Å². The van der Waals surface area contributed by atoms with Crippen molar-refractivity contribution in [1.29, 1.82) is 0 Å². The molecule has 1 rings (SSSR count). The molecule has 0 aliphatic heterocycles. The largest absolute Gasteiger partial charge is 0.372 e. The van der Waals surface area contributed by atoms with Gasteiger partial charge in [0.1, 0.15) is 5.82 Å². The van der Waals surface area contributed by atoms with E-state index in [1.165, 1.54) is 6.20 Å². The lowest BCUT2D eigenvalue weighted by atomic mass is 10.2. The summed E-state index contributed by atoms with van der Waals surface area (Å²) >= 11 is 5.87. The molecule has 0 aliphatic rings. The third kappa shape index (κ3) is 2.35. The number of halogens is 1. The van der Waals surface area contributed by atoms with Crippen LogP contribution in [-0.2, 0) is 0 Å². The van der Waals surface area contributed by atoms with Crippen LogP contribution in [0.2, 0.25) is 5.02 Å². The van der Waals surface area contributed by atoms with E-state index in [9.17, 15) is 4.79 Å². The standard InChI is InChI=1S/C9H12ClN3O/c1-3-12-9(14)6-4-7(10)8(11-2)13-5-6/h4-5H,3H2,1-2H3,(H,11,13)(H,12,14). The molecule has 1 aromatic heterocycles. The van der Waals surface area contributed by atoms with Crippen molar-refractivity contribution in [2.75, 3.05) is 18.9 Å². The van der Waals surface area contributed by atoms with Gasteiger partial charge < -0.3 is 10.6 Å². The first-order chi connectivity index (χ1) is 6.69. The van der Waals surface area contributed by atoms with E-state index in [-0.39, 0.29) is 5.91 Å². The topological polar surface area (TPSA) is 54.0 Å². The number of pyridine rings is 1. The Morgan fingerprint density at radius 1 is 1.64 bits per heavy atom. The fourth-order valence-corrected chi connectivity index (χ4v) is 1.27. The summed E-state index contributed by atoms with van der Waals surface area (Å²) < 4.78 is 0. The van der Waals surface area contributed by atoms with Crippen molar-refractivity contribution in [3.8, 4) is 0 Å². The number of nitrogens with zero attached hydrogens (tertiary/aromatic N) is 1. The molecule has 0 fully saturated rings. The monoisotopic (exact) mass is 213 g/mol. The Hall–Kier alpha value is -1.29. The summed E-state index contributed by atoms with van der Waals surface area (Å²) in [5, 5.41) is 5.93. The van der Waals surface area contributed by atoms with Crippen LogP contribution in [0.25, 0.3) is 0 Å². The number of nitrogens with one attached hydrogen (secondary N) is 2. The van der Waals surface area contributed by atoms with Crippen molar-refractivity contribution >= 4 is 23.3 Å². The van der Waals surface area contributed by atoms with Gasteiger partial charge in [0, 0.05) is 19.8 Å². The minimum atomic E-state index is -0.162. The Bertz CT molecular complexity index is 341. The minimum absolute atomic E-state index is 0.162. The fourth-order valence-electron chi connectivity index (χ4n) is 1.01. The number of hydrogen-bond donors (Lipinski definition) is 2. The lowest BCUT2D eigenvalue weighted by Crippen LogP contribution is -2.22. The van der Waals surface area contributed by atoms with E-state index >= 15 is 0 Å². The number of carbonyl (C=O) groups excluding carboxylic acids is 1. The van der Waals surface area contributed by atoms with Gasteiger partial charge >= 0.3 is 0 Å². The second-order valence-corrected chi connectivity index (χ2v) is 3.07. The molecule has 76 valence electrons. The highest BCUT2D eigenvalue weighted by Crippen LogP contribution is 2.19. The lowest BCUT2D eigenvalue weighted by molar-refractivity contribution is 0.0955. The molecule has 0 saturated heterocycles. The molecule has 1 amide bonds. The quantitative estimate of drug-likeness (QED) is 0.801. The van der Waals surface area contributed by atoms with Gasteiger partial charge in [-0.3, -0.25) is 4.79 Å². The molecule has 1 aromatic rings. The number of aromatic nitrogens is 1. The van der Waals surface area contributed by atoms with Crippen molar-refractivity contribution in [2.24, 2.45) is 0 Å². The number of amides is 1. The molecule has 0 spiro atoms. The van der Waals surface area contributed by atoms with E-state index in [4.69, 9.17) is 11.6 Å². The van der Waals surface area contributed by atoms with E-state index in [0.717, 1.165) is 0 Å². The molecule has 5 heteroatoms. The smallest absolute Gasteiger partial charge is 0.252 e. The molecule has 0 aliphatic carbocycles. The van der Waals surface area contributed by atoms with Gasteiger partial charge in [-0.25, -0.2) is 4.98 Å². The molecule has 0 aromatic carbocycles. The van der Waals surface area contributed by atoms with Crippen LogP contribution in [0.3, 0.4) is 0 Å². The summed E-state index contributed by atoms with van der Waals surface area (Å²) in [5.74, 6) is 0.407. The number of hydrogen-bond acceptors (Lipinski definition) is 3. The third-order valence-corrected chi connectivity index (χ3v) is 1.97. The summed E-state index contributed by atoms with van der Waals surface area (Å²) in [6.07, 6.45) is 1.49. The van der Waals surface area contributed by atoms with Crippen LogP contribution in [0.5, 0.6) is 0 Å². The van der Waals surface area contributed by atoms with Gasteiger partial charge in [0.25, 0.3) is 5.91 Å². The second kappa shape index (κ2) is 4.81. The highest BCUT2D eigenvalue weighted by Gasteiger charge is 2.07. The molecular weight excluding hydrogens is 202 g/mol. The first kappa shape index (κ1) is 10.8. The predicted molar refractivity (Wildman–Crippen MR) is 56.8 cm³/mol. The summed E-state index contributed by atoms with van der Waals surface area (Å²) in [5.41, 5.74) is 0.468. The molecular formula is C9H12ClN3O. The molecule has 1 heterocycles. The van der Waals surface area contributed by atoms with E-state index < -0.39 is 0 Å². The number of rotatable bonds is 3. The molecule has 0 radical (unpaired) electrons. The SMILES string of the molecule is CCNC(=O)c1cnc(NC)c(Cl)c1. The number of carbonyl (C=O) groups is 1. The van der Waals surface area contributed by atoms with E-state index in [2.05, 4.69) is 15.6 Å². The van der Waals surface area contributed by atoms with Gasteiger partial charge in [-0.05, 0) is 13.0 Å². The zero-order chi connectivity index (χ0) is 10.6. The Balaban J connectivity index is 2.91. The molecule has 0 atom stereocenters. The van der Waals surface area contributed by atoms with Gasteiger partial charge in [0.15, 0.2) is 0 Å². The highest BCUT2D eigenvalue weighted by atomic mass is 35.5. The summed E-state index contributed by atoms with van der Waals surface area (Å²) in [4.78, 5) is 15.4. The van der Waals surface area contributed by atoms with Gasteiger partial charge in [-0.1, -0.05) is 11.6 Å². The zero-order valence-corrected chi connectivity index (χ0v) is 8.85. The Kier molecular flexibility index (Phi) is 3.71. The van der Waals surface area contributed by atoms with Crippen molar-refractivity contribution < 1.29 is 4.79 Å². The first-order valence-corrected chi connectivity index (χ1v) is 4.68. The van der Waals surface area contributed by atoms with Crippen LogP contribution in [0.1, 0.15) is 17.3 Å². The van der Waals surface area contributed by atoms with Crippen molar-refractivity contribution in [1.82, 2.24) is 10.3 Å². The number of anilines is 1. The van der Waals surface area contributed by atoms with Crippen LogP contribution < -0.4 is 10.6 Å². The molecule has 2 N–H and O–H groups in total. The average molecular weight is 214 g/mol. The molecule has 0 saturated carbocycles. The van der Waals surface area contributed by atoms with Crippen molar-refractivity contribution in [3.05, 3.63) is 22.8 Å². The summed E-state index contributed by atoms with van der Waals surface area (Å²) in [7, 11) is 1.72. The van der Waals surface area contributed by atoms with E-state index in [1.807, 2.05) is 6.92 Å². The van der Waals surface area contributed by atoms with Crippen LogP contribution in [0.15, 0.2) is 12.3 Å². The maximum atomic E-state index is 11.4. The first-order valence-electron chi connectivity index (χ1n) is 4.30. The molecule has 0 unspecified atom stereocenters. The van der Waals surface area contributed by atoms with E-state index in [1.54, 1.807) is 13.1 Å². The van der Waals surface area contributed by atoms with Crippen LogP contribution in [0.4, 0.5) is 5.82 Å². The molecule has 14 heavy (non-hydrogen) atoms. The van der Waals surface area contributed by atoms with E-state index in [0.29, 0.717) is 22.9 Å². The summed E-state index contributed by atoms with van der Waals surface area (Å²) in [6, 6.07) is 1.59. The summed E-state index contributed by atoms with van der Waals surface area (Å²) in [6.45, 7) is 2.44. The minimum Gasteiger partial charge on any atom is -0.372 e. The van der Waals surface area contributed by atoms with Gasteiger partial charge in [0.05, 0.1) is 10.6 Å². The Morgan fingerprint density at radius 3 is 2.86 bits per heavy atom. The Morgan fingerprint density at radius 2 is 2.36 bits per heavy atom. The maximum Gasteiger partial charge on any atom is 0.252 e. The predicted octanol–water partition coefficient (Wildman–Crippen LogP) is 1.53. The van der Waals surface area contributed by atoms with Gasteiger partial charge in [0.2, 0.25) is 0 Å². The van der Waals surface area contributed by atoms with Gasteiger partial charge in [-0.15, -0.1) is 0 Å². The second-order valence-electron chi connectivity index (χ2n) is 2.66. The zero-order valence-electron chi connectivity index (χ0n) is 8.10. The third-order valence-electron chi connectivity index (χ3n) is 1.68. The van der Waals surface area contributed by atoms with Crippen molar-refractivity contribution in [2.45, 2.75) is 6.92 Å². The van der Waals surface area contributed by atoms with Crippen LogP contribution >= 0.6 is 11.6 Å². The highest BCUT2D eigenvalue weighted by molar-refractivity contribution is 6.33. The molecule has 0 bridgehead atoms. The van der Waals surface area contributed by atoms with Gasteiger partial charge in [-0.2, -0.15) is 0 Å². The van der Waals surface area contributed by atoms with Crippen LogP contribution in [0, 0.1) is 0 Å².